The number of halogens is 3. The number of amides is 1. The van der Waals surface area contributed by atoms with Gasteiger partial charge >= 0.3 is 0 Å². The average Bonchev–Trinajstić information content (AvgIpc) is 2.22. The molecule has 1 aromatic carbocycles. The molecule has 96 valence electrons. The summed E-state index contributed by atoms with van der Waals surface area (Å²) in [7, 11) is 0. The lowest BCUT2D eigenvalue weighted by Crippen LogP contribution is -2.25. The molecule has 0 bridgehead atoms. The fourth-order valence-electron chi connectivity index (χ4n) is 1.26. The third-order valence-corrected chi connectivity index (χ3v) is 2.04. The second-order valence-corrected chi connectivity index (χ2v) is 3.41. The van der Waals surface area contributed by atoms with Crippen LogP contribution in [0.2, 0.25) is 0 Å². The van der Waals surface area contributed by atoms with E-state index in [9.17, 15) is 13.6 Å². The van der Waals surface area contributed by atoms with Gasteiger partial charge in [-0.2, -0.15) is 0 Å². The Morgan fingerprint density at radius 3 is 2.29 bits per heavy atom. The first kappa shape index (κ1) is 15.8. The van der Waals surface area contributed by atoms with Gasteiger partial charge in [0.25, 0.3) is 5.91 Å². The summed E-state index contributed by atoms with van der Waals surface area (Å²) in [6, 6.07) is 2.73. The topological polar surface area (TPSA) is 55.1 Å². The van der Waals surface area contributed by atoms with Crippen molar-refractivity contribution >= 4 is 18.3 Å². The van der Waals surface area contributed by atoms with Crippen LogP contribution in [0.1, 0.15) is 23.2 Å². The summed E-state index contributed by atoms with van der Waals surface area (Å²) >= 11 is 0. The van der Waals surface area contributed by atoms with Crippen LogP contribution in [0.25, 0.3) is 0 Å². The van der Waals surface area contributed by atoms with E-state index in [1.807, 2.05) is 0 Å². The van der Waals surface area contributed by atoms with Crippen LogP contribution in [0, 0.1) is 11.6 Å². The third-order valence-electron chi connectivity index (χ3n) is 2.04. The van der Waals surface area contributed by atoms with Gasteiger partial charge in [0.2, 0.25) is 0 Å². The molecule has 0 radical (unpaired) electrons. The Labute approximate surface area is 105 Å². The number of rotatable bonds is 5. The molecule has 3 nitrogen and oxygen atoms in total. The number of carbonyl (C=O) groups is 1. The second kappa shape index (κ2) is 7.97. The highest BCUT2D eigenvalue weighted by Gasteiger charge is 2.08. The highest BCUT2D eigenvalue weighted by Crippen LogP contribution is 2.07. The lowest BCUT2D eigenvalue weighted by atomic mass is 10.2. The third kappa shape index (κ3) is 5.60. The summed E-state index contributed by atoms with van der Waals surface area (Å²) < 4.78 is 25.6. The Morgan fingerprint density at radius 1 is 1.18 bits per heavy atom. The van der Waals surface area contributed by atoms with Crippen molar-refractivity contribution in [1.29, 1.82) is 0 Å². The molecule has 0 saturated carbocycles. The molecule has 17 heavy (non-hydrogen) atoms. The van der Waals surface area contributed by atoms with Crippen molar-refractivity contribution in [3.8, 4) is 0 Å². The molecule has 6 heteroatoms. The average molecular weight is 265 g/mol. The number of nitrogens with two attached hydrogens (primary N) is 1. The smallest absolute Gasteiger partial charge is 0.251 e. The molecule has 1 aromatic rings. The van der Waals surface area contributed by atoms with Crippen molar-refractivity contribution in [2.45, 2.75) is 12.8 Å². The van der Waals surface area contributed by atoms with Gasteiger partial charge in [-0.05, 0) is 31.5 Å². The fourth-order valence-corrected chi connectivity index (χ4v) is 1.26. The van der Waals surface area contributed by atoms with Crippen LogP contribution in [-0.4, -0.2) is 19.0 Å². The molecular weight excluding hydrogens is 250 g/mol. The van der Waals surface area contributed by atoms with Crippen molar-refractivity contribution in [1.82, 2.24) is 5.32 Å². The Bertz CT molecular complexity index is 354. The first-order valence-electron chi connectivity index (χ1n) is 5.08. The molecular formula is C11H15ClF2N2O. The van der Waals surface area contributed by atoms with Crippen molar-refractivity contribution in [2.24, 2.45) is 5.73 Å². The molecule has 0 unspecified atom stereocenters. The van der Waals surface area contributed by atoms with Gasteiger partial charge in [0.15, 0.2) is 0 Å². The maximum Gasteiger partial charge on any atom is 0.251 e. The molecule has 0 spiro atoms. The van der Waals surface area contributed by atoms with Gasteiger partial charge < -0.3 is 11.1 Å². The van der Waals surface area contributed by atoms with Gasteiger partial charge in [-0.1, -0.05) is 0 Å². The summed E-state index contributed by atoms with van der Waals surface area (Å²) in [5.41, 5.74) is 5.28. The minimum absolute atomic E-state index is 0. The van der Waals surface area contributed by atoms with Crippen molar-refractivity contribution < 1.29 is 13.6 Å². The summed E-state index contributed by atoms with van der Waals surface area (Å²) in [6.45, 7) is 1.01. The first-order chi connectivity index (χ1) is 7.63. The minimum Gasteiger partial charge on any atom is -0.352 e. The molecule has 0 aliphatic carbocycles. The van der Waals surface area contributed by atoms with Crippen molar-refractivity contribution in [3.05, 3.63) is 35.4 Å². The van der Waals surface area contributed by atoms with Crippen LogP contribution in [-0.2, 0) is 0 Å². The summed E-state index contributed by atoms with van der Waals surface area (Å²) in [4.78, 5) is 11.4. The standard InChI is InChI=1S/C11H14F2N2O.ClH/c12-9-5-8(6-10(13)7-9)11(16)15-4-2-1-3-14;/h5-7H,1-4,14H2,(H,15,16);1H. The zero-order chi connectivity index (χ0) is 12.0. The van der Waals surface area contributed by atoms with Gasteiger partial charge in [0.1, 0.15) is 11.6 Å². The monoisotopic (exact) mass is 264 g/mol. The van der Waals surface area contributed by atoms with Gasteiger partial charge in [-0.25, -0.2) is 8.78 Å². The highest BCUT2D eigenvalue weighted by atomic mass is 35.5. The summed E-state index contributed by atoms with van der Waals surface area (Å²) in [5, 5.41) is 2.56. The molecule has 0 aromatic heterocycles. The Hall–Kier alpha value is -1.20. The highest BCUT2D eigenvalue weighted by molar-refractivity contribution is 5.94. The number of benzene rings is 1. The van der Waals surface area contributed by atoms with E-state index >= 15 is 0 Å². The predicted molar refractivity (Wildman–Crippen MR) is 64.2 cm³/mol. The van der Waals surface area contributed by atoms with E-state index in [4.69, 9.17) is 5.73 Å². The van der Waals surface area contributed by atoms with Crippen LogP contribution in [0.5, 0.6) is 0 Å². The number of nitrogens with one attached hydrogen (secondary N) is 1. The fraction of sp³-hybridized carbons (Fsp3) is 0.364. The van der Waals surface area contributed by atoms with E-state index in [0.717, 1.165) is 31.0 Å². The molecule has 3 N–H and O–H groups in total. The maximum absolute atomic E-state index is 12.8. The van der Waals surface area contributed by atoms with Crippen LogP contribution in [0.15, 0.2) is 18.2 Å². The molecule has 1 rings (SSSR count). The van der Waals surface area contributed by atoms with Crippen molar-refractivity contribution in [2.75, 3.05) is 13.1 Å². The van der Waals surface area contributed by atoms with E-state index in [2.05, 4.69) is 5.32 Å². The number of unbranched alkanes of at least 4 members (excludes halogenated alkanes) is 1. The summed E-state index contributed by atoms with van der Waals surface area (Å²) in [6.07, 6.45) is 1.55. The number of carbonyl (C=O) groups excluding carboxylic acids is 1. The molecule has 0 aliphatic rings. The van der Waals surface area contributed by atoms with Crippen molar-refractivity contribution in [3.63, 3.8) is 0 Å². The van der Waals surface area contributed by atoms with E-state index < -0.39 is 17.5 Å². The van der Waals surface area contributed by atoms with Crippen LogP contribution >= 0.6 is 12.4 Å². The Kier molecular flexibility index (Phi) is 7.41. The largest absolute Gasteiger partial charge is 0.352 e. The molecule has 0 fully saturated rings. The van der Waals surface area contributed by atoms with E-state index in [0.29, 0.717) is 13.1 Å². The van der Waals surface area contributed by atoms with Gasteiger partial charge in [0.05, 0.1) is 0 Å². The van der Waals surface area contributed by atoms with Crippen LogP contribution in [0.4, 0.5) is 8.78 Å². The normalized spacial score (nSPS) is 9.59. The number of hydrogen-bond acceptors (Lipinski definition) is 2. The molecule has 0 saturated heterocycles. The zero-order valence-corrected chi connectivity index (χ0v) is 10.0. The van der Waals surface area contributed by atoms with Crippen LogP contribution in [0.3, 0.4) is 0 Å². The molecule has 0 atom stereocenters. The van der Waals surface area contributed by atoms with E-state index in [-0.39, 0.29) is 18.0 Å². The zero-order valence-electron chi connectivity index (χ0n) is 9.21. The van der Waals surface area contributed by atoms with E-state index in [1.54, 1.807) is 0 Å². The molecule has 1 amide bonds. The lowest BCUT2D eigenvalue weighted by molar-refractivity contribution is 0.0952. The van der Waals surface area contributed by atoms with E-state index in [1.165, 1.54) is 0 Å². The number of hydrogen-bond donors (Lipinski definition) is 2. The SMILES string of the molecule is Cl.NCCCCNC(=O)c1cc(F)cc(F)c1. The van der Waals surface area contributed by atoms with Gasteiger partial charge in [-0.15, -0.1) is 12.4 Å². The predicted octanol–water partition coefficient (Wildman–Crippen LogP) is 1.86. The molecule has 0 heterocycles. The Balaban J connectivity index is 0.00000256. The Morgan fingerprint density at radius 2 is 1.76 bits per heavy atom. The van der Waals surface area contributed by atoms with Crippen LogP contribution < -0.4 is 11.1 Å². The first-order valence-corrected chi connectivity index (χ1v) is 5.08. The lowest BCUT2D eigenvalue weighted by Gasteiger charge is -2.04. The van der Waals surface area contributed by atoms with Gasteiger partial charge in [0, 0.05) is 18.2 Å². The van der Waals surface area contributed by atoms with Gasteiger partial charge in [-0.3, -0.25) is 4.79 Å². The maximum atomic E-state index is 12.8. The minimum atomic E-state index is -0.757. The molecule has 0 aliphatic heterocycles. The quantitative estimate of drug-likeness (QED) is 0.798. The second-order valence-electron chi connectivity index (χ2n) is 3.41. The summed E-state index contributed by atoms with van der Waals surface area (Å²) in [5.74, 6) is -1.99.